The minimum absolute atomic E-state index is 0.0932. The Balaban J connectivity index is 1.16. The van der Waals surface area contributed by atoms with Gasteiger partial charge in [0.25, 0.3) is 0 Å². The maximum atomic E-state index is 2.71. The Hall–Kier alpha value is -5.80. The van der Waals surface area contributed by atoms with Crippen LogP contribution in [0, 0.1) is 6.92 Å². The van der Waals surface area contributed by atoms with Crippen LogP contribution in [-0.2, 0) is 17.4 Å². The van der Waals surface area contributed by atoms with E-state index in [9.17, 15) is 0 Å². The Kier molecular flexibility index (Phi) is 5.29. The molecule has 0 N–H and O–H groups in total. The van der Waals surface area contributed by atoms with Crippen molar-refractivity contribution in [3.63, 3.8) is 0 Å². The molecule has 3 nitrogen and oxygen atoms in total. The molecule has 3 unspecified atom stereocenters. The van der Waals surface area contributed by atoms with Gasteiger partial charge in [0.05, 0.1) is 27.7 Å². The van der Waals surface area contributed by atoms with Gasteiger partial charge < -0.3 is 4.40 Å². The first-order chi connectivity index (χ1) is 25.3. The summed E-state index contributed by atoms with van der Waals surface area (Å²) in [5.74, 6) is 0.367. The first kappa shape index (κ1) is 28.8. The number of fused-ring (bicyclic) bond motifs is 18. The van der Waals surface area contributed by atoms with Crippen molar-refractivity contribution < 1.29 is 9.13 Å². The number of pyridine rings is 2. The molecule has 3 heteroatoms. The second-order valence-electron chi connectivity index (χ2n) is 16.8. The molecule has 0 amide bonds. The van der Waals surface area contributed by atoms with E-state index in [0.717, 1.165) is 6.42 Å². The molecule has 52 heavy (non-hydrogen) atoms. The minimum atomic E-state index is -0.137. The summed E-state index contributed by atoms with van der Waals surface area (Å²) in [7, 11) is 0. The highest BCUT2D eigenvalue weighted by Gasteiger charge is 2.83. The van der Waals surface area contributed by atoms with E-state index in [2.05, 4.69) is 181 Å². The zero-order valence-corrected chi connectivity index (χ0v) is 30.0. The summed E-state index contributed by atoms with van der Waals surface area (Å²) in [6, 6.07) is 48.9. The molecule has 1 spiro atoms. The van der Waals surface area contributed by atoms with Crippen LogP contribution in [0.25, 0.3) is 71.7 Å². The summed E-state index contributed by atoms with van der Waals surface area (Å²) in [6.07, 6.45) is 5.85. The molecule has 4 aromatic heterocycles. The third-order valence-corrected chi connectivity index (χ3v) is 12.9. The SMILES string of the molecule is Cc1ccc2[n+](c1)C1C(c3ccccc3-2)C12Cc1cc3c(cc1-c1ccc(-c4ccccc4)c[n+]12)c1cccc2c4cc(C(C)(C)C)ccc4n3c21. The van der Waals surface area contributed by atoms with Crippen LogP contribution in [0.1, 0.15) is 55.0 Å². The average Bonchev–Trinajstić information content (AvgIpc) is 3.54. The lowest BCUT2D eigenvalue weighted by atomic mass is 9.86. The van der Waals surface area contributed by atoms with Crippen molar-refractivity contribution in [2.75, 3.05) is 0 Å². The Morgan fingerprint density at radius 3 is 2.23 bits per heavy atom. The predicted octanol–water partition coefficient (Wildman–Crippen LogP) is 10.6. The van der Waals surface area contributed by atoms with Crippen LogP contribution in [0.3, 0.4) is 0 Å². The van der Waals surface area contributed by atoms with Gasteiger partial charge in [0, 0.05) is 51.2 Å². The number of rotatable bonds is 1. The topological polar surface area (TPSA) is 12.2 Å². The fraction of sp³-hybridized carbons (Fsp3) is 0.184. The van der Waals surface area contributed by atoms with Crippen molar-refractivity contribution in [2.45, 2.75) is 57.0 Å². The van der Waals surface area contributed by atoms with Crippen LogP contribution < -0.4 is 9.13 Å². The minimum Gasteiger partial charge on any atom is -0.308 e. The quantitative estimate of drug-likeness (QED) is 0.154. The van der Waals surface area contributed by atoms with Crippen molar-refractivity contribution in [1.82, 2.24) is 4.40 Å². The maximum absolute atomic E-state index is 2.71. The second kappa shape index (κ2) is 9.54. The van der Waals surface area contributed by atoms with Crippen molar-refractivity contribution in [3.05, 3.63) is 162 Å². The van der Waals surface area contributed by atoms with Gasteiger partial charge in [-0.25, -0.2) is 0 Å². The number of hydrogen-bond donors (Lipinski definition) is 0. The molecule has 9 aromatic rings. The van der Waals surface area contributed by atoms with E-state index < -0.39 is 0 Å². The summed E-state index contributed by atoms with van der Waals surface area (Å²) in [5, 5.41) is 5.38. The van der Waals surface area contributed by atoms with Crippen LogP contribution >= 0.6 is 0 Å². The van der Waals surface area contributed by atoms with Crippen molar-refractivity contribution in [1.29, 1.82) is 0 Å². The molecule has 248 valence electrons. The van der Waals surface area contributed by atoms with E-state index in [-0.39, 0.29) is 11.0 Å². The zero-order valence-electron chi connectivity index (χ0n) is 30.0. The van der Waals surface area contributed by atoms with Gasteiger partial charge in [-0.1, -0.05) is 93.6 Å². The highest BCUT2D eigenvalue weighted by molar-refractivity contribution is 6.23. The van der Waals surface area contributed by atoms with E-state index in [4.69, 9.17) is 0 Å². The summed E-state index contributed by atoms with van der Waals surface area (Å²) >= 11 is 0. The molecule has 3 aliphatic rings. The molecule has 1 saturated carbocycles. The number of benzene rings is 5. The van der Waals surface area contributed by atoms with Gasteiger partial charge in [-0.2, -0.15) is 9.13 Å². The van der Waals surface area contributed by atoms with Crippen LogP contribution in [0.15, 0.2) is 140 Å². The molecule has 12 rings (SSSR count). The lowest BCUT2D eigenvalue weighted by Crippen LogP contribution is -2.56. The zero-order chi connectivity index (χ0) is 34.7. The van der Waals surface area contributed by atoms with Crippen LogP contribution in [0.5, 0.6) is 0 Å². The monoisotopic (exact) mass is 669 g/mol. The first-order valence-electron chi connectivity index (χ1n) is 18.8. The predicted molar refractivity (Wildman–Crippen MR) is 211 cm³/mol. The summed E-state index contributed by atoms with van der Waals surface area (Å²) < 4.78 is 7.90. The molecule has 3 atom stereocenters. The highest BCUT2D eigenvalue weighted by Crippen LogP contribution is 2.67. The van der Waals surface area contributed by atoms with Gasteiger partial charge in [0.1, 0.15) is 5.92 Å². The molecule has 0 radical (unpaired) electrons. The standard InChI is InChI=1S/C49H39N3/c1-29-17-20-41-34-13-8-9-14-35(34)45-47(50(41)27-29)49(45)26-32-23-44-40(25-38(32)42-21-18-31(28-51(42)49)30-11-6-5-7-12-30)37-16-10-15-36-39-24-33(48(2,3)4)19-22-43(39)52(44)46(36)37/h5-25,27-28,45,47H,26H2,1-4H3/q+2. The molecular formula is C49H39N3+2. The van der Waals surface area contributed by atoms with Crippen LogP contribution in [0.2, 0.25) is 0 Å². The molecule has 2 aliphatic heterocycles. The molecule has 0 bridgehead atoms. The van der Waals surface area contributed by atoms with Gasteiger partial charge in [-0.05, 0) is 77.1 Å². The number of hydrogen-bond acceptors (Lipinski definition) is 0. The molecule has 1 aliphatic carbocycles. The largest absolute Gasteiger partial charge is 0.308 e. The van der Waals surface area contributed by atoms with Gasteiger partial charge in [0.15, 0.2) is 12.4 Å². The first-order valence-corrected chi connectivity index (χ1v) is 18.8. The van der Waals surface area contributed by atoms with E-state index >= 15 is 0 Å². The smallest absolute Gasteiger partial charge is 0.247 e. The van der Waals surface area contributed by atoms with Gasteiger partial charge in [-0.3, -0.25) is 0 Å². The van der Waals surface area contributed by atoms with Gasteiger partial charge >= 0.3 is 0 Å². The summed E-state index contributed by atoms with van der Waals surface area (Å²) in [4.78, 5) is 0. The Labute approximate surface area is 303 Å². The lowest BCUT2D eigenvalue weighted by molar-refractivity contribution is -0.784. The maximum Gasteiger partial charge on any atom is 0.247 e. The van der Waals surface area contributed by atoms with E-state index in [1.54, 1.807) is 0 Å². The number of nitrogens with zero attached hydrogens (tertiary/aromatic N) is 3. The number of aromatic nitrogens is 3. The third kappa shape index (κ3) is 3.51. The van der Waals surface area contributed by atoms with E-state index in [0.29, 0.717) is 12.0 Å². The molecule has 1 fully saturated rings. The van der Waals surface area contributed by atoms with Crippen molar-refractivity contribution in [2.24, 2.45) is 0 Å². The fourth-order valence-corrected chi connectivity index (χ4v) is 10.5. The van der Waals surface area contributed by atoms with E-state index in [1.807, 2.05) is 0 Å². The Morgan fingerprint density at radius 1 is 0.635 bits per heavy atom. The third-order valence-electron chi connectivity index (χ3n) is 12.9. The fourth-order valence-electron chi connectivity index (χ4n) is 10.5. The van der Waals surface area contributed by atoms with Gasteiger partial charge in [0.2, 0.25) is 23.0 Å². The highest BCUT2D eigenvalue weighted by atomic mass is 15.3. The molecule has 6 heterocycles. The molecule has 5 aromatic carbocycles. The lowest BCUT2D eigenvalue weighted by Gasteiger charge is -2.23. The number of para-hydroxylation sites is 1. The number of aryl methyl sites for hydroxylation is 1. The summed E-state index contributed by atoms with van der Waals surface area (Å²) in [5.41, 5.74) is 17.4. The average molecular weight is 670 g/mol. The molecule has 0 saturated heterocycles. The Bertz CT molecular complexity index is 3000. The summed E-state index contributed by atoms with van der Waals surface area (Å²) in [6.45, 7) is 9.17. The van der Waals surface area contributed by atoms with Gasteiger partial charge in [-0.15, -0.1) is 0 Å². The Morgan fingerprint density at radius 2 is 1.40 bits per heavy atom. The van der Waals surface area contributed by atoms with Crippen LogP contribution in [0.4, 0.5) is 0 Å². The molecular weight excluding hydrogens is 631 g/mol. The normalized spacial score (nSPS) is 19.9. The van der Waals surface area contributed by atoms with Crippen molar-refractivity contribution >= 4 is 38.1 Å². The van der Waals surface area contributed by atoms with Crippen molar-refractivity contribution in [3.8, 4) is 33.6 Å². The van der Waals surface area contributed by atoms with Crippen LogP contribution in [-0.4, -0.2) is 4.40 Å². The van der Waals surface area contributed by atoms with E-state index in [1.165, 1.54) is 94.0 Å². The second-order valence-corrected chi connectivity index (χ2v) is 16.8.